The third-order valence-electron chi connectivity index (χ3n) is 4.21. The van der Waals surface area contributed by atoms with Crippen LogP contribution in [-0.4, -0.2) is 26.7 Å². The highest BCUT2D eigenvalue weighted by Crippen LogP contribution is 2.19. The monoisotopic (exact) mass is 466 g/mol. The first-order valence-corrected chi connectivity index (χ1v) is 11.2. The normalized spacial score (nSPS) is 12.4. The van der Waals surface area contributed by atoms with Gasteiger partial charge >= 0.3 is 0 Å². The van der Waals surface area contributed by atoms with Crippen molar-refractivity contribution in [2.24, 2.45) is 0 Å². The first-order chi connectivity index (χ1) is 13.2. The Bertz CT molecular complexity index is 943. The van der Waals surface area contributed by atoms with E-state index in [2.05, 4.69) is 26.0 Å². The van der Waals surface area contributed by atoms with E-state index in [1.165, 1.54) is 25.1 Å². The Kier molecular flexibility index (Phi) is 7.91. The molecule has 150 valence electrons. The van der Waals surface area contributed by atoms with Crippen LogP contribution in [0.25, 0.3) is 0 Å². The van der Waals surface area contributed by atoms with E-state index in [0.717, 1.165) is 16.5 Å². The average Bonchev–Trinajstić information content (AvgIpc) is 2.67. The van der Waals surface area contributed by atoms with Gasteiger partial charge in [-0.15, -0.1) is 0 Å². The van der Waals surface area contributed by atoms with Gasteiger partial charge in [-0.25, -0.2) is 13.1 Å². The molecule has 0 saturated heterocycles. The van der Waals surface area contributed by atoms with Gasteiger partial charge in [-0.1, -0.05) is 47.1 Å². The summed E-state index contributed by atoms with van der Waals surface area (Å²) in [6, 6.07) is 13.4. The third-order valence-corrected chi connectivity index (χ3v) is 6.20. The van der Waals surface area contributed by atoms with E-state index < -0.39 is 10.0 Å². The van der Waals surface area contributed by atoms with Crippen LogP contribution in [0.1, 0.15) is 48.7 Å². The van der Waals surface area contributed by atoms with Crippen molar-refractivity contribution in [1.82, 2.24) is 10.0 Å². The number of carbonyl (C=O) groups is 2. The van der Waals surface area contributed by atoms with Gasteiger partial charge in [-0.3, -0.25) is 9.59 Å². The second-order valence-corrected chi connectivity index (χ2v) is 8.99. The summed E-state index contributed by atoms with van der Waals surface area (Å²) < 4.78 is 28.1. The molecule has 6 nitrogen and oxygen atoms in total. The number of sulfonamides is 1. The Morgan fingerprint density at radius 1 is 1.11 bits per heavy atom. The SMILES string of the molecule is CCC(NC(=O)CCNS(=O)(=O)c1cccc(C(C)=O)c1)c1ccc(Br)cc1. The summed E-state index contributed by atoms with van der Waals surface area (Å²) in [4.78, 5) is 23.6. The molecule has 0 spiro atoms. The maximum absolute atomic E-state index is 12.4. The predicted octanol–water partition coefficient (Wildman–Crippen LogP) is 3.59. The van der Waals surface area contributed by atoms with Crippen LogP contribution < -0.4 is 10.0 Å². The number of halogens is 1. The van der Waals surface area contributed by atoms with Crippen molar-refractivity contribution in [3.05, 3.63) is 64.1 Å². The molecule has 0 saturated carbocycles. The smallest absolute Gasteiger partial charge is 0.240 e. The molecule has 0 aromatic heterocycles. The van der Waals surface area contributed by atoms with Gasteiger partial charge in [0.25, 0.3) is 0 Å². The van der Waals surface area contributed by atoms with Crippen LogP contribution in [0.4, 0.5) is 0 Å². The van der Waals surface area contributed by atoms with Crippen molar-refractivity contribution < 1.29 is 18.0 Å². The zero-order valence-electron chi connectivity index (χ0n) is 15.7. The highest BCUT2D eigenvalue weighted by molar-refractivity contribution is 9.10. The predicted molar refractivity (Wildman–Crippen MR) is 112 cm³/mol. The standard InChI is InChI=1S/C20H23BrN2O4S/c1-3-19(15-7-9-17(21)10-8-15)23-20(25)11-12-22-28(26,27)18-6-4-5-16(13-18)14(2)24/h4-10,13,19,22H,3,11-12H2,1-2H3,(H,23,25). The number of nitrogens with one attached hydrogen (secondary N) is 2. The molecule has 2 N–H and O–H groups in total. The average molecular weight is 467 g/mol. The second-order valence-electron chi connectivity index (χ2n) is 6.31. The van der Waals surface area contributed by atoms with Gasteiger partial charge in [0, 0.05) is 23.0 Å². The van der Waals surface area contributed by atoms with E-state index >= 15 is 0 Å². The number of ketones is 1. The molecule has 28 heavy (non-hydrogen) atoms. The van der Waals surface area contributed by atoms with Gasteiger partial charge in [-0.2, -0.15) is 0 Å². The first-order valence-electron chi connectivity index (χ1n) is 8.88. The number of Topliss-reactive ketones (excluding diaryl/α,β-unsaturated/α-hetero) is 1. The van der Waals surface area contributed by atoms with E-state index in [1.54, 1.807) is 6.07 Å². The number of benzene rings is 2. The van der Waals surface area contributed by atoms with E-state index in [1.807, 2.05) is 31.2 Å². The van der Waals surface area contributed by atoms with E-state index in [-0.39, 0.29) is 35.6 Å². The molecule has 0 bridgehead atoms. The minimum Gasteiger partial charge on any atom is -0.349 e. The summed E-state index contributed by atoms with van der Waals surface area (Å²) in [6.45, 7) is 3.31. The topological polar surface area (TPSA) is 92.3 Å². The number of carbonyl (C=O) groups excluding carboxylic acids is 2. The summed E-state index contributed by atoms with van der Waals surface area (Å²) in [7, 11) is -3.79. The molecule has 0 aliphatic carbocycles. The van der Waals surface area contributed by atoms with E-state index in [9.17, 15) is 18.0 Å². The van der Waals surface area contributed by atoms with Crippen LogP contribution in [0.2, 0.25) is 0 Å². The summed E-state index contributed by atoms with van der Waals surface area (Å²) >= 11 is 3.38. The molecule has 1 amide bonds. The maximum atomic E-state index is 12.4. The Hall–Kier alpha value is -2.03. The maximum Gasteiger partial charge on any atom is 0.240 e. The van der Waals surface area contributed by atoms with Crippen molar-refractivity contribution in [3.8, 4) is 0 Å². The summed E-state index contributed by atoms with van der Waals surface area (Å²) in [5.74, 6) is -0.454. The highest BCUT2D eigenvalue weighted by Gasteiger charge is 2.17. The van der Waals surface area contributed by atoms with E-state index in [4.69, 9.17) is 0 Å². The van der Waals surface area contributed by atoms with Crippen molar-refractivity contribution in [3.63, 3.8) is 0 Å². The van der Waals surface area contributed by atoms with Crippen molar-refractivity contribution >= 4 is 37.6 Å². The van der Waals surface area contributed by atoms with E-state index in [0.29, 0.717) is 5.56 Å². The number of hydrogen-bond acceptors (Lipinski definition) is 4. The van der Waals surface area contributed by atoms with Gasteiger partial charge < -0.3 is 5.32 Å². The molecule has 2 rings (SSSR count). The number of amides is 1. The van der Waals surface area contributed by atoms with Gasteiger partial charge in [0.2, 0.25) is 15.9 Å². The Morgan fingerprint density at radius 3 is 2.39 bits per heavy atom. The van der Waals surface area contributed by atoms with Crippen molar-refractivity contribution in [2.45, 2.75) is 37.6 Å². The lowest BCUT2D eigenvalue weighted by Gasteiger charge is -2.17. The van der Waals surface area contributed by atoms with Crippen LogP contribution in [0.5, 0.6) is 0 Å². The Balaban J connectivity index is 1.92. The molecule has 1 atom stereocenters. The molecule has 2 aromatic rings. The Morgan fingerprint density at radius 2 is 1.79 bits per heavy atom. The zero-order valence-corrected chi connectivity index (χ0v) is 18.1. The molecule has 0 fully saturated rings. The van der Waals surface area contributed by atoms with Crippen molar-refractivity contribution in [2.75, 3.05) is 6.54 Å². The number of hydrogen-bond donors (Lipinski definition) is 2. The highest BCUT2D eigenvalue weighted by atomic mass is 79.9. The van der Waals surface area contributed by atoms with Gasteiger partial charge in [0.15, 0.2) is 5.78 Å². The minimum absolute atomic E-state index is 0.00176. The lowest BCUT2D eigenvalue weighted by Crippen LogP contribution is -2.32. The largest absolute Gasteiger partial charge is 0.349 e. The first kappa shape index (κ1) is 22.3. The summed E-state index contributed by atoms with van der Waals surface area (Å²) in [5.41, 5.74) is 1.31. The fourth-order valence-electron chi connectivity index (χ4n) is 2.65. The molecular weight excluding hydrogens is 444 g/mol. The molecular formula is C20H23BrN2O4S. The van der Waals surface area contributed by atoms with Gasteiger partial charge in [0.1, 0.15) is 0 Å². The zero-order chi connectivity index (χ0) is 20.7. The lowest BCUT2D eigenvalue weighted by molar-refractivity contribution is -0.121. The van der Waals surface area contributed by atoms with Crippen LogP contribution in [0.15, 0.2) is 57.9 Å². The summed E-state index contributed by atoms with van der Waals surface area (Å²) in [5, 5.41) is 2.92. The molecule has 0 aliphatic heterocycles. The van der Waals surface area contributed by atoms with Crippen LogP contribution in [0, 0.1) is 0 Å². The molecule has 0 radical (unpaired) electrons. The molecule has 2 aromatic carbocycles. The van der Waals surface area contributed by atoms with Crippen LogP contribution in [0.3, 0.4) is 0 Å². The summed E-state index contributed by atoms with van der Waals surface area (Å²) in [6.07, 6.45) is 0.732. The minimum atomic E-state index is -3.79. The fourth-order valence-corrected chi connectivity index (χ4v) is 3.99. The number of rotatable bonds is 9. The van der Waals surface area contributed by atoms with Gasteiger partial charge in [-0.05, 0) is 43.2 Å². The molecule has 0 aliphatic rings. The van der Waals surface area contributed by atoms with Crippen LogP contribution in [-0.2, 0) is 14.8 Å². The molecule has 8 heteroatoms. The molecule has 0 heterocycles. The van der Waals surface area contributed by atoms with Gasteiger partial charge in [0.05, 0.1) is 10.9 Å². The Labute approximate surface area is 173 Å². The second kappa shape index (κ2) is 9.95. The fraction of sp³-hybridized carbons (Fsp3) is 0.300. The van der Waals surface area contributed by atoms with Crippen LogP contribution >= 0.6 is 15.9 Å². The van der Waals surface area contributed by atoms with Crippen molar-refractivity contribution in [1.29, 1.82) is 0 Å². The lowest BCUT2D eigenvalue weighted by atomic mass is 10.0. The quantitative estimate of drug-likeness (QED) is 0.552. The third kappa shape index (κ3) is 6.25. The molecule has 1 unspecified atom stereocenters.